The SMILES string of the molecule is CC1=C(c2ccc(N(CC(=O)OC(C)(C)C)CC(=O)OC(C)(C)C)cc2)C(=O)c2ccccc21. The van der Waals surface area contributed by atoms with E-state index in [1.807, 2.05) is 43.3 Å². The second kappa shape index (κ2) is 9.45. The number of fused-ring (bicyclic) bond motifs is 1. The maximum absolute atomic E-state index is 13.0. The van der Waals surface area contributed by atoms with Crippen molar-refractivity contribution in [1.29, 1.82) is 0 Å². The molecule has 0 fully saturated rings. The van der Waals surface area contributed by atoms with E-state index in [0.717, 1.165) is 16.7 Å². The van der Waals surface area contributed by atoms with Crippen molar-refractivity contribution >= 4 is 34.6 Å². The summed E-state index contributed by atoms with van der Waals surface area (Å²) in [6, 6.07) is 14.9. The van der Waals surface area contributed by atoms with E-state index in [1.165, 1.54) is 0 Å². The van der Waals surface area contributed by atoms with E-state index in [1.54, 1.807) is 58.6 Å². The number of carbonyl (C=O) groups is 3. The molecule has 0 aliphatic heterocycles. The van der Waals surface area contributed by atoms with Crippen molar-refractivity contribution in [2.75, 3.05) is 18.0 Å². The number of anilines is 1. The first-order valence-electron chi connectivity index (χ1n) is 11.4. The van der Waals surface area contributed by atoms with Gasteiger partial charge in [-0.05, 0) is 77.3 Å². The third kappa shape index (κ3) is 6.13. The Bertz CT molecular complexity index is 1100. The molecule has 2 aromatic rings. The van der Waals surface area contributed by atoms with Crippen LogP contribution in [0, 0.1) is 0 Å². The van der Waals surface area contributed by atoms with Crippen molar-refractivity contribution in [1.82, 2.24) is 0 Å². The van der Waals surface area contributed by atoms with Gasteiger partial charge in [-0.2, -0.15) is 0 Å². The van der Waals surface area contributed by atoms with Gasteiger partial charge in [0.25, 0.3) is 0 Å². The number of esters is 2. The highest BCUT2D eigenvalue weighted by atomic mass is 16.6. The fraction of sp³-hybridized carbons (Fsp3) is 0.393. The number of allylic oxidation sites excluding steroid dienone is 2. The highest BCUT2D eigenvalue weighted by Gasteiger charge is 2.28. The Kier molecular flexibility index (Phi) is 7.01. The molecule has 0 saturated carbocycles. The second-order valence-corrected chi connectivity index (χ2v) is 10.5. The second-order valence-electron chi connectivity index (χ2n) is 10.5. The van der Waals surface area contributed by atoms with E-state index >= 15 is 0 Å². The van der Waals surface area contributed by atoms with Gasteiger partial charge in [-0.15, -0.1) is 0 Å². The molecule has 6 heteroatoms. The minimum atomic E-state index is -0.639. The number of Topliss-reactive ketones (excluding diaryl/α,β-unsaturated/α-hetero) is 1. The van der Waals surface area contributed by atoms with Gasteiger partial charge in [-0.1, -0.05) is 36.4 Å². The molecule has 0 aromatic heterocycles. The van der Waals surface area contributed by atoms with Crippen molar-refractivity contribution in [2.24, 2.45) is 0 Å². The van der Waals surface area contributed by atoms with Gasteiger partial charge in [-0.25, -0.2) is 0 Å². The maximum atomic E-state index is 13.0. The normalized spacial score (nSPS) is 13.6. The van der Waals surface area contributed by atoms with Crippen LogP contribution in [-0.4, -0.2) is 42.0 Å². The minimum absolute atomic E-state index is 0.000200. The molecule has 0 heterocycles. The molecule has 0 radical (unpaired) electrons. The predicted molar refractivity (Wildman–Crippen MR) is 134 cm³/mol. The van der Waals surface area contributed by atoms with Crippen LogP contribution >= 0.6 is 0 Å². The zero-order valence-corrected chi connectivity index (χ0v) is 21.0. The molecule has 0 bridgehead atoms. The molecule has 0 spiro atoms. The molecule has 34 heavy (non-hydrogen) atoms. The summed E-state index contributed by atoms with van der Waals surface area (Å²) in [5, 5.41) is 0. The summed E-state index contributed by atoms with van der Waals surface area (Å²) in [6.07, 6.45) is 0. The molecule has 6 nitrogen and oxygen atoms in total. The Hall–Kier alpha value is -3.41. The van der Waals surface area contributed by atoms with Gasteiger partial charge >= 0.3 is 11.9 Å². The lowest BCUT2D eigenvalue weighted by molar-refractivity contribution is -0.154. The van der Waals surface area contributed by atoms with Crippen LogP contribution in [0.3, 0.4) is 0 Å². The summed E-state index contributed by atoms with van der Waals surface area (Å²) < 4.78 is 10.9. The van der Waals surface area contributed by atoms with Gasteiger partial charge in [0, 0.05) is 16.8 Å². The Morgan fingerprint density at radius 1 is 0.765 bits per heavy atom. The lowest BCUT2D eigenvalue weighted by Gasteiger charge is -2.27. The summed E-state index contributed by atoms with van der Waals surface area (Å²) in [5.41, 5.74) is 3.42. The molecular formula is C28H33NO5. The number of carbonyl (C=O) groups excluding carboxylic acids is 3. The predicted octanol–water partition coefficient (Wildman–Crippen LogP) is 5.30. The molecule has 1 aliphatic carbocycles. The molecule has 1 aliphatic rings. The number of hydrogen-bond donors (Lipinski definition) is 0. The third-order valence-corrected chi connectivity index (χ3v) is 5.18. The summed E-state index contributed by atoms with van der Waals surface area (Å²) >= 11 is 0. The number of hydrogen-bond acceptors (Lipinski definition) is 6. The molecular weight excluding hydrogens is 430 g/mol. The molecule has 0 saturated heterocycles. The van der Waals surface area contributed by atoms with Crippen LogP contribution in [0.25, 0.3) is 11.1 Å². The summed E-state index contributed by atoms with van der Waals surface area (Å²) in [7, 11) is 0. The Balaban J connectivity index is 1.86. The average molecular weight is 464 g/mol. The molecule has 180 valence electrons. The summed E-state index contributed by atoms with van der Waals surface area (Å²) in [6.45, 7) is 12.5. The zero-order chi connectivity index (χ0) is 25.3. The van der Waals surface area contributed by atoms with Crippen molar-refractivity contribution in [3.8, 4) is 0 Å². The Labute approximate surface area is 201 Å². The van der Waals surface area contributed by atoms with Crippen LogP contribution in [0.5, 0.6) is 0 Å². The van der Waals surface area contributed by atoms with E-state index in [0.29, 0.717) is 16.8 Å². The van der Waals surface area contributed by atoms with Crippen LogP contribution in [0.2, 0.25) is 0 Å². The highest BCUT2D eigenvalue weighted by Crippen LogP contribution is 2.38. The van der Waals surface area contributed by atoms with Crippen molar-refractivity contribution in [3.63, 3.8) is 0 Å². The fourth-order valence-corrected chi connectivity index (χ4v) is 3.93. The third-order valence-electron chi connectivity index (χ3n) is 5.18. The van der Waals surface area contributed by atoms with Gasteiger partial charge in [0.1, 0.15) is 24.3 Å². The largest absolute Gasteiger partial charge is 0.459 e. The van der Waals surface area contributed by atoms with Gasteiger partial charge < -0.3 is 14.4 Å². The Morgan fingerprint density at radius 3 is 1.68 bits per heavy atom. The summed E-state index contributed by atoms with van der Waals surface area (Å²) in [5.74, 6) is -0.888. The number of benzene rings is 2. The molecule has 0 unspecified atom stereocenters. The van der Waals surface area contributed by atoms with Crippen LogP contribution in [0.4, 0.5) is 5.69 Å². The summed E-state index contributed by atoms with van der Waals surface area (Å²) in [4.78, 5) is 39.7. The first kappa shape index (κ1) is 25.2. The highest BCUT2D eigenvalue weighted by molar-refractivity contribution is 6.39. The molecule has 3 rings (SSSR count). The quantitative estimate of drug-likeness (QED) is 0.541. The first-order valence-corrected chi connectivity index (χ1v) is 11.4. The average Bonchev–Trinajstić information content (AvgIpc) is 2.95. The number of rotatable bonds is 6. The first-order chi connectivity index (χ1) is 15.7. The molecule has 0 amide bonds. The topological polar surface area (TPSA) is 72.9 Å². The monoisotopic (exact) mass is 463 g/mol. The zero-order valence-electron chi connectivity index (χ0n) is 21.0. The van der Waals surface area contributed by atoms with Crippen LogP contribution in [-0.2, 0) is 19.1 Å². The van der Waals surface area contributed by atoms with Gasteiger partial charge in [0.2, 0.25) is 0 Å². The van der Waals surface area contributed by atoms with Crippen molar-refractivity contribution < 1.29 is 23.9 Å². The van der Waals surface area contributed by atoms with Gasteiger partial charge in [0.05, 0.1) is 0 Å². The van der Waals surface area contributed by atoms with E-state index in [-0.39, 0.29) is 18.9 Å². The van der Waals surface area contributed by atoms with Crippen LogP contribution < -0.4 is 4.90 Å². The molecule has 2 aromatic carbocycles. The number of ketones is 1. The standard InChI is InChI=1S/C28H33NO5/c1-18-21-10-8-9-11-22(21)26(32)25(18)19-12-14-20(15-13-19)29(16-23(30)33-27(2,3)4)17-24(31)34-28(5,6)7/h8-15H,16-17H2,1-7H3. The molecule has 0 N–H and O–H groups in total. The lowest BCUT2D eigenvalue weighted by atomic mass is 10.00. The van der Waals surface area contributed by atoms with Gasteiger partial charge in [-0.3, -0.25) is 14.4 Å². The van der Waals surface area contributed by atoms with Gasteiger partial charge in [0.15, 0.2) is 5.78 Å². The smallest absolute Gasteiger partial charge is 0.326 e. The minimum Gasteiger partial charge on any atom is -0.459 e. The van der Waals surface area contributed by atoms with E-state index in [4.69, 9.17) is 9.47 Å². The maximum Gasteiger partial charge on any atom is 0.326 e. The molecule has 0 atom stereocenters. The van der Waals surface area contributed by atoms with Crippen molar-refractivity contribution in [3.05, 3.63) is 65.2 Å². The Morgan fingerprint density at radius 2 is 1.24 bits per heavy atom. The number of nitrogens with zero attached hydrogens (tertiary/aromatic N) is 1. The van der Waals surface area contributed by atoms with E-state index < -0.39 is 23.1 Å². The van der Waals surface area contributed by atoms with E-state index in [2.05, 4.69) is 0 Å². The fourth-order valence-electron chi connectivity index (χ4n) is 3.93. The van der Waals surface area contributed by atoms with E-state index in [9.17, 15) is 14.4 Å². The lowest BCUT2D eigenvalue weighted by Crippen LogP contribution is -2.40. The number of ether oxygens (including phenoxy) is 2. The van der Waals surface area contributed by atoms with Crippen LogP contribution in [0.1, 0.15) is 70.0 Å². The van der Waals surface area contributed by atoms with Crippen molar-refractivity contribution in [2.45, 2.75) is 59.7 Å². The van der Waals surface area contributed by atoms with Crippen LogP contribution in [0.15, 0.2) is 48.5 Å².